The predicted molar refractivity (Wildman–Crippen MR) is 154 cm³/mol. The van der Waals surface area contributed by atoms with E-state index in [1.807, 2.05) is 0 Å². The van der Waals surface area contributed by atoms with Crippen molar-refractivity contribution in [3.05, 3.63) is 35.4 Å². The first kappa shape index (κ1) is 34.3. The molecule has 0 bridgehead atoms. The molecule has 38 heavy (non-hydrogen) atoms. The number of hydrogen-bond donors (Lipinski definition) is 4. The molecule has 0 fully saturated rings. The van der Waals surface area contributed by atoms with E-state index in [1.54, 1.807) is 38.1 Å². The Hall–Kier alpha value is -1.69. The van der Waals surface area contributed by atoms with Gasteiger partial charge in [0.25, 0.3) is 0 Å². The van der Waals surface area contributed by atoms with Gasteiger partial charge in [-0.3, -0.25) is 9.36 Å². The summed E-state index contributed by atoms with van der Waals surface area (Å²) >= 11 is 0. The molecule has 0 aliphatic rings. The first-order chi connectivity index (χ1) is 18.1. The fraction of sp³-hybridized carbons (Fsp3) is 0.733. The quantitative estimate of drug-likeness (QED) is 0.0872. The van der Waals surface area contributed by atoms with Crippen molar-refractivity contribution in [1.29, 1.82) is 0 Å². The van der Waals surface area contributed by atoms with Crippen molar-refractivity contribution in [2.75, 3.05) is 0 Å². The molecule has 0 aromatic heterocycles. The van der Waals surface area contributed by atoms with Crippen molar-refractivity contribution in [2.24, 2.45) is 0 Å². The molecule has 0 heterocycles. The summed E-state index contributed by atoms with van der Waals surface area (Å²) in [6.07, 6.45) is 16.9. The summed E-state index contributed by atoms with van der Waals surface area (Å²) in [4.78, 5) is 44.0. The highest BCUT2D eigenvalue weighted by Crippen LogP contribution is 2.60. The van der Waals surface area contributed by atoms with Crippen LogP contribution in [0.4, 0.5) is 0 Å². The molecular weight excluding hydrogens is 501 g/mol. The Morgan fingerprint density at radius 2 is 1.24 bits per heavy atom. The molecule has 7 nitrogen and oxygen atoms in total. The van der Waals surface area contributed by atoms with Crippen LogP contribution in [-0.4, -0.2) is 32.8 Å². The monoisotopic (exact) mass is 553 g/mol. The van der Waals surface area contributed by atoms with E-state index in [0.717, 1.165) is 19.3 Å². The Balaban J connectivity index is 2.38. The van der Waals surface area contributed by atoms with Gasteiger partial charge in [0, 0.05) is 12.8 Å². The van der Waals surface area contributed by atoms with Crippen molar-refractivity contribution in [2.45, 2.75) is 141 Å². The molecule has 0 spiro atoms. The van der Waals surface area contributed by atoms with Crippen LogP contribution in [0.1, 0.15) is 135 Å². The number of nitrogens with one attached hydrogen (secondary N) is 1. The third kappa shape index (κ3) is 12.0. The third-order valence-electron chi connectivity index (χ3n) is 7.80. The third-order valence-corrected chi connectivity index (χ3v) is 9.81. The molecule has 0 saturated carbocycles. The summed E-state index contributed by atoms with van der Waals surface area (Å²) in [5.41, 5.74) is 1.23. The molecular formula is C30H52NO6P. The van der Waals surface area contributed by atoms with E-state index < -0.39 is 24.8 Å². The summed E-state index contributed by atoms with van der Waals surface area (Å²) in [5, 5.41) is 11.0. The van der Waals surface area contributed by atoms with Crippen molar-refractivity contribution >= 4 is 19.5 Å². The number of hydrogen-bond acceptors (Lipinski definition) is 3. The van der Waals surface area contributed by atoms with E-state index in [2.05, 4.69) is 12.2 Å². The first-order valence-electron chi connectivity index (χ1n) is 14.8. The highest BCUT2D eigenvalue weighted by molar-refractivity contribution is 7.53. The van der Waals surface area contributed by atoms with Crippen LogP contribution in [-0.2, 0) is 25.7 Å². The molecule has 1 atom stereocenters. The Bertz CT molecular complexity index is 847. The van der Waals surface area contributed by atoms with Gasteiger partial charge in [-0.1, -0.05) is 122 Å². The van der Waals surface area contributed by atoms with Crippen LogP contribution in [0.3, 0.4) is 0 Å². The van der Waals surface area contributed by atoms with Crippen LogP contribution in [0.5, 0.6) is 0 Å². The maximum atomic E-state index is 12.4. The molecule has 0 aliphatic carbocycles. The second-order valence-electron chi connectivity index (χ2n) is 10.6. The number of aliphatic carboxylic acids is 1. The highest BCUT2D eigenvalue weighted by Gasteiger charge is 2.45. The Morgan fingerprint density at radius 1 is 0.789 bits per heavy atom. The van der Waals surface area contributed by atoms with Gasteiger partial charge in [-0.05, 0) is 30.4 Å². The minimum Gasteiger partial charge on any atom is -0.480 e. The highest BCUT2D eigenvalue weighted by atomic mass is 31.2. The Kier molecular flexibility index (Phi) is 16.8. The maximum Gasteiger partial charge on any atom is 0.335 e. The lowest BCUT2D eigenvalue weighted by Crippen LogP contribution is -2.42. The van der Waals surface area contributed by atoms with Gasteiger partial charge in [-0.25, -0.2) is 4.79 Å². The fourth-order valence-corrected chi connectivity index (χ4v) is 6.50. The van der Waals surface area contributed by atoms with Crippen molar-refractivity contribution < 1.29 is 29.0 Å². The molecule has 1 amide bonds. The van der Waals surface area contributed by atoms with Gasteiger partial charge >= 0.3 is 13.6 Å². The van der Waals surface area contributed by atoms with Crippen LogP contribution in [0.15, 0.2) is 24.3 Å². The molecule has 4 N–H and O–H groups in total. The van der Waals surface area contributed by atoms with E-state index in [-0.39, 0.29) is 12.3 Å². The van der Waals surface area contributed by atoms with Crippen molar-refractivity contribution in [3.8, 4) is 0 Å². The number of unbranched alkanes of at least 4 members (excludes halogenated alkanes) is 12. The molecule has 1 aromatic carbocycles. The van der Waals surface area contributed by atoms with Gasteiger partial charge in [0.2, 0.25) is 5.91 Å². The van der Waals surface area contributed by atoms with E-state index in [0.29, 0.717) is 30.4 Å². The van der Waals surface area contributed by atoms with Crippen molar-refractivity contribution in [1.82, 2.24) is 5.32 Å². The van der Waals surface area contributed by atoms with Crippen LogP contribution < -0.4 is 5.32 Å². The predicted octanol–water partition coefficient (Wildman–Crippen LogP) is 7.47. The Labute approximate surface area is 230 Å². The summed E-state index contributed by atoms with van der Waals surface area (Å²) in [7, 11) is -4.39. The van der Waals surface area contributed by atoms with Crippen LogP contribution in [0, 0.1) is 0 Å². The topological polar surface area (TPSA) is 124 Å². The molecule has 1 rings (SSSR count). The Morgan fingerprint density at radius 3 is 1.63 bits per heavy atom. The van der Waals surface area contributed by atoms with E-state index >= 15 is 0 Å². The number of carboxylic acid groups (broad SMARTS) is 1. The maximum absolute atomic E-state index is 12.4. The lowest BCUT2D eigenvalue weighted by molar-refractivity contribution is -0.141. The molecule has 8 heteroatoms. The fourth-order valence-electron chi connectivity index (χ4n) is 5.20. The molecule has 218 valence electrons. The SMILES string of the molecule is CCCCCCCCCCCCCCCC(=O)NC(Cc1ccc(C(CC)(CC)P(=O)(O)O)cc1)C(=O)O. The zero-order valence-corrected chi connectivity index (χ0v) is 24.8. The minimum atomic E-state index is -4.39. The van der Waals surface area contributed by atoms with Gasteiger partial charge in [-0.2, -0.15) is 0 Å². The zero-order valence-electron chi connectivity index (χ0n) is 23.9. The smallest absolute Gasteiger partial charge is 0.335 e. The average Bonchev–Trinajstić information content (AvgIpc) is 2.87. The van der Waals surface area contributed by atoms with E-state index in [9.17, 15) is 29.0 Å². The van der Waals surface area contributed by atoms with Gasteiger partial charge in [-0.15, -0.1) is 0 Å². The number of rotatable bonds is 22. The number of benzene rings is 1. The molecule has 0 aliphatic heterocycles. The molecule has 0 radical (unpaired) electrons. The minimum absolute atomic E-state index is 0.112. The normalized spacial score (nSPS) is 12.9. The van der Waals surface area contributed by atoms with Crippen LogP contribution in [0.25, 0.3) is 0 Å². The summed E-state index contributed by atoms with van der Waals surface area (Å²) in [5.74, 6) is -1.35. The molecule has 0 saturated heterocycles. The van der Waals surface area contributed by atoms with Gasteiger partial charge in [0.15, 0.2) is 0 Å². The largest absolute Gasteiger partial charge is 0.480 e. The van der Waals surface area contributed by atoms with Crippen molar-refractivity contribution in [3.63, 3.8) is 0 Å². The number of carboxylic acids is 1. The van der Waals surface area contributed by atoms with Crippen LogP contribution >= 0.6 is 7.60 Å². The number of carbonyl (C=O) groups excluding carboxylic acids is 1. The second-order valence-corrected chi connectivity index (χ2v) is 12.6. The molecule has 1 unspecified atom stereocenters. The summed E-state index contributed by atoms with van der Waals surface area (Å²) in [6.45, 7) is 5.75. The first-order valence-corrected chi connectivity index (χ1v) is 16.4. The number of carbonyl (C=O) groups is 2. The lowest BCUT2D eigenvalue weighted by atomic mass is 9.91. The van der Waals surface area contributed by atoms with E-state index in [1.165, 1.54) is 64.2 Å². The zero-order chi connectivity index (χ0) is 28.4. The van der Waals surface area contributed by atoms with Crippen LogP contribution in [0.2, 0.25) is 0 Å². The lowest BCUT2D eigenvalue weighted by Gasteiger charge is -2.33. The summed E-state index contributed by atoms with van der Waals surface area (Å²) in [6, 6.07) is 5.67. The number of amides is 1. The van der Waals surface area contributed by atoms with Gasteiger partial charge < -0.3 is 20.2 Å². The second kappa shape index (κ2) is 18.6. The average molecular weight is 554 g/mol. The summed E-state index contributed by atoms with van der Waals surface area (Å²) < 4.78 is 12.2. The van der Waals surface area contributed by atoms with Gasteiger partial charge in [0.1, 0.15) is 6.04 Å². The van der Waals surface area contributed by atoms with E-state index in [4.69, 9.17) is 0 Å². The standard InChI is InChI=1S/C30H52NO6P/c1-4-7-8-9-10-11-12-13-14-15-16-17-18-19-28(32)31-27(29(33)34)24-25-20-22-26(23-21-25)30(5-2,6-3)38(35,36)37/h20-23,27H,4-19,24H2,1-3H3,(H,31,32)(H,33,34)(H2,35,36,37). The molecule has 1 aromatic rings. The van der Waals surface area contributed by atoms with Gasteiger partial charge in [0.05, 0.1) is 5.16 Å².